The molecule has 0 spiro atoms. The average molecular weight is 367 g/mol. The van der Waals surface area contributed by atoms with Gasteiger partial charge in [-0.1, -0.05) is 24.2 Å². The maximum absolute atomic E-state index is 13.9. The van der Waals surface area contributed by atoms with Crippen molar-refractivity contribution in [3.8, 4) is 22.8 Å². The Morgan fingerprint density at radius 2 is 2.04 bits per heavy atom. The van der Waals surface area contributed by atoms with E-state index in [1.165, 1.54) is 6.07 Å². The van der Waals surface area contributed by atoms with E-state index in [-0.39, 0.29) is 11.6 Å². The second-order valence-corrected chi connectivity index (χ2v) is 6.80. The van der Waals surface area contributed by atoms with Crippen LogP contribution in [0, 0.1) is 5.82 Å². The van der Waals surface area contributed by atoms with E-state index in [1.807, 2.05) is 12.1 Å². The molecule has 0 radical (unpaired) electrons. The minimum Gasteiger partial charge on any atom is -0.354 e. The molecular formula is C20H22FN5O. The molecule has 27 heavy (non-hydrogen) atoms. The fourth-order valence-corrected chi connectivity index (χ4v) is 3.39. The number of aromatic nitrogens is 3. The van der Waals surface area contributed by atoms with Crippen molar-refractivity contribution in [1.29, 1.82) is 0 Å². The molecule has 2 aromatic heterocycles. The molecule has 1 atom stereocenters. The van der Waals surface area contributed by atoms with Crippen molar-refractivity contribution < 1.29 is 8.91 Å². The van der Waals surface area contributed by atoms with Gasteiger partial charge in [-0.15, -0.1) is 0 Å². The van der Waals surface area contributed by atoms with Crippen molar-refractivity contribution in [3.05, 3.63) is 48.4 Å². The Morgan fingerprint density at radius 1 is 1.19 bits per heavy atom. The van der Waals surface area contributed by atoms with Crippen LogP contribution < -0.4 is 4.90 Å². The Balaban J connectivity index is 1.52. The summed E-state index contributed by atoms with van der Waals surface area (Å²) in [7, 11) is 2.17. The first kappa shape index (κ1) is 17.6. The highest BCUT2D eigenvalue weighted by molar-refractivity contribution is 5.60. The zero-order valence-corrected chi connectivity index (χ0v) is 15.5. The predicted molar refractivity (Wildman–Crippen MR) is 102 cm³/mol. The maximum atomic E-state index is 13.9. The third kappa shape index (κ3) is 3.55. The highest BCUT2D eigenvalue weighted by atomic mass is 19.1. The normalized spacial score (nSPS) is 18.0. The van der Waals surface area contributed by atoms with E-state index < -0.39 is 0 Å². The van der Waals surface area contributed by atoms with E-state index in [4.69, 9.17) is 4.52 Å². The van der Waals surface area contributed by atoms with E-state index in [1.54, 1.807) is 24.4 Å². The summed E-state index contributed by atoms with van der Waals surface area (Å²) < 4.78 is 19.2. The van der Waals surface area contributed by atoms with Crippen LogP contribution in [0.15, 0.2) is 47.1 Å². The van der Waals surface area contributed by atoms with E-state index in [0.717, 1.165) is 37.4 Å². The zero-order chi connectivity index (χ0) is 18.8. The molecule has 0 bridgehead atoms. The first-order chi connectivity index (χ1) is 13.2. The molecule has 0 N–H and O–H groups in total. The van der Waals surface area contributed by atoms with Crippen LogP contribution in [0.2, 0.25) is 0 Å². The predicted octanol–water partition coefficient (Wildman–Crippen LogP) is 3.47. The fraction of sp³-hybridized carbons (Fsp3) is 0.350. The van der Waals surface area contributed by atoms with Crippen molar-refractivity contribution in [1.82, 2.24) is 20.0 Å². The van der Waals surface area contributed by atoms with Crippen molar-refractivity contribution >= 4 is 5.82 Å². The maximum Gasteiger partial charge on any atom is 0.259 e. The van der Waals surface area contributed by atoms with Crippen LogP contribution >= 0.6 is 0 Å². The van der Waals surface area contributed by atoms with Gasteiger partial charge in [-0.3, -0.25) is 4.90 Å². The van der Waals surface area contributed by atoms with Gasteiger partial charge in [-0.05, 0) is 37.7 Å². The second kappa shape index (κ2) is 7.44. The minimum atomic E-state index is -0.376. The van der Waals surface area contributed by atoms with E-state index in [9.17, 15) is 4.39 Å². The fourth-order valence-electron chi connectivity index (χ4n) is 3.39. The number of hydrogen-bond donors (Lipinski definition) is 0. The molecule has 1 fully saturated rings. The summed E-state index contributed by atoms with van der Waals surface area (Å²) in [5, 5.41) is 3.90. The van der Waals surface area contributed by atoms with Gasteiger partial charge >= 0.3 is 0 Å². The summed E-state index contributed by atoms with van der Waals surface area (Å²) in [5.41, 5.74) is 1.04. The van der Waals surface area contributed by atoms with Gasteiger partial charge in [-0.2, -0.15) is 4.98 Å². The van der Waals surface area contributed by atoms with Crippen LogP contribution in [0.5, 0.6) is 0 Å². The second-order valence-electron chi connectivity index (χ2n) is 6.80. The summed E-state index contributed by atoms with van der Waals surface area (Å²) in [6, 6.07) is 10.8. The van der Waals surface area contributed by atoms with Gasteiger partial charge in [-0.25, -0.2) is 9.37 Å². The topological polar surface area (TPSA) is 58.3 Å². The molecule has 1 aliphatic rings. The number of likely N-dealkylation sites (N-methyl/N-ethyl adjacent to an activating group) is 1. The van der Waals surface area contributed by atoms with Gasteiger partial charge in [0.05, 0.1) is 11.1 Å². The lowest BCUT2D eigenvalue weighted by molar-refractivity contribution is 0.213. The highest BCUT2D eigenvalue weighted by Crippen LogP contribution is 2.25. The van der Waals surface area contributed by atoms with Crippen molar-refractivity contribution in [2.24, 2.45) is 0 Å². The Bertz CT molecular complexity index is 911. The number of pyridine rings is 1. The average Bonchev–Trinajstić information content (AvgIpc) is 3.19. The van der Waals surface area contributed by atoms with Gasteiger partial charge in [0, 0.05) is 31.9 Å². The van der Waals surface area contributed by atoms with Gasteiger partial charge in [0.2, 0.25) is 5.82 Å². The molecule has 1 unspecified atom stereocenters. The molecule has 1 aliphatic heterocycles. The number of benzene rings is 1. The van der Waals surface area contributed by atoms with Crippen molar-refractivity contribution in [2.75, 3.05) is 31.6 Å². The standard InChI is InChI=1S/C20H22FN5O/c1-3-15-13-26(11-10-25(15)2)18-9-8-14(12-22-18)20-23-19(24-27-20)16-6-4-5-7-17(16)21/h4-9,12,15H,3,10-11,13H2,1-2H3. The van der Waals surface area contributed by atoms with Crippen LogP contribution in [0.1, 0.15) is 13.3 Å². The zero-order valence-electron chi connectivity index (χ0n) is 15.5. The van der Waals surface area contributed by atoms with E-state index in [0.29, 0.717) is 17.5 Å². The van der Waals surface area contributed by atoms with E-state index >= 15 is 0 Å². The number of hydrogen-bond acceptors (Lipinski definition) is 6. The van der Waals surface area contributed by atoms with E-state index in [2.05, 4.69) is 38.9 Å². The van der Waals surface area contributed by atoms with Gasteiger partial charge in [0.25, 0.3) is 5.89 Å². The Kier molecular flexibility index (Phi) is 4.85. The van der Waals surface area contributed by atoms with Crippen LogP contribution in [0.3, 0.4) is 0 Å². The molecule has 3 aromatic rings. The van der Waals surface area contributed by atoms with Gasteiger partial charge < -0.3 is 9.42 Å². The molecule has 1 saturated heterocycles. The number of nitrogens with zero attached hydrogens (tertiary/aromatic N) is 5. The Hall–Kier alpha value is -2.80. The van der Waals surface area contributed by atoms with Crippen LogP contribution in [0.25, 0.3) is 22.8 Å². The quantitative estimate of drug-likeness (QED) is 0.704. The smallest absolute Gasteiger partial charge is 0.259 e. The summed E-state index contributed by atoms with van der Waals surface area (Å²) in [6.45, 7) is 5.16. The van der Waals surface area contributed by atoms with Gasteiger partial charge in [0.1, 0.15) is 11.6 Å². The SMILES string of the molecule is CCC1CN(c2ccc(-c3nc(-c4ccccc4F)no3)cn2)CCN1C. The summed E-state index contributed by atoms with van der Waals surface area (Å²) >= 11 is 0. The Morgan fingerprint density at radius 3 is 2.78 bits per heavy atom. The van der Waals surface area contributed by atoms with Crippen molar-refractivity contribution in [3.63, 3.8) is 0 Å². The molecule has 4 rings (SSSR count). The lowest BCUT2D eigenvalue weighted by Gasteiger charge is -2.39. The summed E-state index contributed by atoms with van der Waals surface area (Å²) in [5.74, 6) is 1.13. The first-order valence-electron chi connectivity index (χ1n) is 9.16. The van der Waals surface area contributed by atoms with Crippen LogP contribution in [-0.4, -0.2) is 52.7 Å². The number of halogens is 1. The van der Waals surface area contributed by atoms with Crippen LogP contribution in [-0.2, 0) is 0 Å². The summed E-state index contributed by atoms with van der Waals surface area (Å²) in [6.07, 6.45) is 2.85. The van der Waals surface area contributed by atoms with Crippen LogP contribution in [0.4, 0.5) is 10.2 Å². The monoisotopic (exact) mass is 367 g/mol. The Labute approximate surface area is 157 Å². The number of anilines is 1. The molecule has 0 aliphatic carbocycles. The lowest BCUT2D eigenvalue weighted by Crippen LogP contribution is -2.51. The minimum absolute atomic E-state index is 0.233. The largest absolute Gasteiger partial charge is 0.354 e. The molecule has 0 amide bonds. The molecule has 1 aromatic carbocycles. The molecule has 0 saturated carbocycles. The van der Waals surface area contributed by atoms with Crippen molar-refractivity contribution in [2.45, 2.75) is 19.4 Å². The molecule has 3 heterocycles. The number of rotatable bonds is 4. The molecule has 7 heteroatoms. The molecule has 140 valence electrons. The first-order valence-corrected chi connectivity index (χ1v) is 9.16. The third-order valence-electron chi connectivity index (χ3n) is 5.11. The number of piperazine rings is 1. The van der Waals surface area contributed by atoms with Gasteiger partial charge in [0.15, 0.2) is 0 Å². The summed E-state index contributed by atoms with van der Waals surface area (Å²) in [4.78, 5) is 13.6. The molecule has 6 nitrogen and oxygen atoms in total. The lowest BCUT2D eigenvalue weighted by atomic mass is 10.1. The third-order valence-corrected chi connectivity index (χ3v) is 5.11. The molecular weight excluding hydrogens is 345 g/mol. The highest BCUT2D eigenvalue weighted by Gasteiger charge is 2.23.